The fourth-order valence-electron chi connectivity index (χ4n) is 3.21. The van der Waals surface area contributed by atoms with Gasteiger partial charge < -0.3 is 9.64 Å². The van der Waals surface area contributed by atoms with E-state index in [0.717, 1.165) is 11.3 Å². The first-order valence-corrected chi connectivity index (χ1v) is 10.2. The van der Waals surface area contributed by atoms with Gasteiger partial charge in [0.15, 0.2) is 0 Å². The number of aromatic nitrogens is 2. The Balaban J connectivity index is 1.99. The van der Waals surface area contributed by atoms with Crippen molar-refractivity contribution in [2.45, 2.75) is 38.5 Å². The minimum Gasteiger partial charge on any atom is -0.444 e. The van der Waals surface area contributed by atoms with Gasteiger partial charge in [-0.2, -0.15) is 16.9 Å². The van der Waals surface area contributed by atoms with Gasteiger partial charge in [-0.1, -0.05) is 30.3 Å². The highest BCUT2D eigenvalue weighted by molar-refractivity contribution is 7.99. The minimum atomic E-state index is -0.598. The second-order valence-corrected chi connectivity index (χ2v) is 8.76. The Morgan fingerprint density at radius 3 is 2.68 bits per heavy atom. The number of benzene rings is 1. The highest BCUT2D eigenvalue weighted by Gasteiger charge is 2.38. The first-order chi connectivity index (χ1) is 13.3. The summed E-state index contributed by atoms with van der Waals surface area (Å²) in [4.78, 5) is 25.3. The molecule has 0 saturated carbocycles. The van der Waals surface area contributed by atoms with Crippen molar-refractivity contribution in [3.8, 4) is 0 Å². The highest BCUT2D eigenvalue weighted by atomic mass is 32.2. The average Bonchev–Trinajstić information content (AvgIpc) is 3.12. The van der Waals surface area contributed by atoms with Crippen LogP contribution in [0.1, 0.15) is 32.4 Å². The summed E-state index contributed by atoms with van der Waals surface area (Å²) in [5.74, 6) is 1.50. The molecule has 0 bridgehead atoms. The Bertz CT molecular complexity index is 834. The lowest BCUT2D eigenvalue weighted by molar-refractivity contribution is -0.385. The average molecular weight is 404 g/mol. The van der Waals surface area contributed by atoms with Crippen LogP contribution in [0.4, 0.5) is 10.5 Å². The number of hydrogen-bond acceptors (Lipinski definition) is 6. The molecule has 1 aliphatic heterocycles. The SMILES string of the molecule is CC(C)(C)OC(=O)N1CCSCC1C(c1ccccc1)n1cc([N+](=O)[O-])cn1. The van der Waals surface area contributed by atoms with Crippen LogP contribution in [0.5, 0.6) is 0 Å². The molecule has 3 rings (SSSR count). The molecule has 150 valence electrons. The molecular weight excluding hydrogens is 380 g/mol. The second kappa shape index (κ2) is 8.22. The number of nitrogens with zero attached hydrogens (tertiary/aromatic N) is 4. The smallest absolute Gasteiger partial charge is 0.410 e. The van der Waals surface area contributed by atoms with Crippen LogP contribution in [0, 0.1) is 10.1 Å². The van der Waals surface area contributed by atoms with Crippen LogP contribution in [0.2, 0.25) is 0 Å². The van der Waals surface area contributed by atoms with Crippen molar-refractivity contribution in [1.29, 1.82) is 0 Å². The number of rotatable bonds is 4. The first kappa shape index (κ1) is 20.2. The zero-order chi connectivity index (χ0) is 20.3. The predicted octanol–water partition coefficient (Wildman–Crippen LogP) is 3.73. The molecule has 1 amide bonds. The molecule has 1 aliphatic rings. The van der Waals surface area contributed by atoms with E-state index in [1.807, 2.05) is 51.1 Å². The Morgan fingerprint density at radius 2 is 2.07 bits per heavy atom. The molecule has 0 aliphatic carbocycles. The highest BCUT2D eigenvalue weighted by Crippen LogP contribution is 2.32. The van der Waals surface area contributed by atoms with Crippen molar-refractivity contribution in [3.63, 3.8) is 0 Å². The van der Waals surface area contributed by atoms with E-state index < -0.39 is 10.5 Å². The number of carbonyl (C=O) groups is 1. The van der Waals surface area contributed by atoms with Gasteiger partial charge in [-0.25, -0.2) is 4.79 Å². The summed E-state index contributed by atoms with van der Waals surface area (Å²) >= 11 is 1.75. The molecule has 2 heterocycles. The molecule has 1 fully saturated rings. The summed E-state index contributed by atoms with van der Waals surface area (Å²) in [6.45, 7) is 6.06. The van der Waals surface area contributed by atoms with Gasteiger partial charge in [-0.15, -0.1) is 0 Å². The van der Waals surface area contributed by atoms with Crippen LogP contribution in [-0.4, -0.2) is 55.4 Å². The van der Waals surface area contributed by atoms with E-state index in [4.69, 9.17) is 4.74 Å². The molecular formula is C19H24N4O4S. The van der Waals surface area contributed by atoms with Gasteiger partial charge in [0.05, 0.1) is 17.0 Å². The molecule has 28 heavy (non-hydrogen) atoms. The van der Waals surface area contributed by atoms with Crippen LogP contribution >= 0.6 is 11.8 Å². The fraction of sp³-hybridized carbons (Fsp3) is 0.474. The molecule has 0 N–H and O–H groups in total. The summed E-state index contributed by atoms with van der Waals surface area (Å²) < 4.78 is 7.20. The normalized spacial score (nSPS) is 18.5. The number of nitro groups is 1. The van der Waals surface area contributed by atoms with Crippen LogP contribution in [0.15, 0.2) is 42.7 Å². The monoisotopic (exact) mass is 404 g/mol. The van der Waals surface area contributed by atoms with E-state index in [2.05, 4.69) is 5.10 Å². The van der Waals surface area contributed by atoms with Gasteiger partial charge in [0, 0.05) is 18.1 Å². The van der Waals surface area contributed by atoms with E-state index >= 15 is 0 Å². The first-order valence-electron chi connectivity index (χ1n) is 9.07. The largest absolute Gasteiger partial charge is 0.444 e. The molecule has 2 aromatic rings. The molecule has 0 spiro atoms. The van der Waals surface area contributed by atoms with E-state index in [1.165, 1.54) is 12.4 Å². The summed E-state index contributed by atoms with van der Waals surface area (Å²) in [6, 6.07) is 9.04. The van der Waals surface area contributed by atoms with Gasteiger partial charge in [0.1, 0.15) is 18.0 Å². The van der Waals surface area contributed by atoms with Gasteiger partial charge in [-0.05, 0) is 26.3 Å². The Kier molecular flexibility index (Phi) is 5.93. The molecule has 1 aromatic carbocycles. The van der Waals surface area contributed by atoms with Crippen LogP contribution in [-0.2, 0) is 4.74 Å². The lowest BCUT2D eigenvalue weighted by Crippen LogP contribution is -2.52. The van der Waals surface area contributed by atoms with Crippen molar-refractivity contribution < 1.29 is 14.5 Å². The third-order valence-corrected chi connectivity index (χ3v) is 5.43. The molecule has 1 aromatic heterocycles. The van der Waals surface area contributed by atoms with Crippen LogP contribution in [0.3, 0.4) is 0 Å². The van der Waals surface area contributed by atoms with Crippen molar-refractivity contribution in [2.75, 3.05) is 18.1 Å². The summed E-state index contributed by atoms with van der Waals surface area (Å²) in [7, 11) is 0. The summed E-state index contributed by atoms with van der Waals surface area (Å²) in [6.07, 6.45) is 2.29. The van der Waals surface area contributed by atoms with Crippen molar-refractivity contribution in [2.24, 2.45) is 0 Å². The molecule has 0 radical (unpaired) electrons. The van der Waals surface area contributed by atoms with E-state index in [9.17, 15) is 14.9 Å². The van der Waals surface area contributed by atoms with E-state index in [1.54, 1.807) is 21.3 Å². The number of ether oxygens (including phenoxy) is 1. The van der Waals surface area contributed by atoms with Gasteiger partial charge in [0.25, 0.3) is 0 Å². The quantitative estimate of drug-likeness (QED) is 0.570. The summed E-state index contributed by atoms with van der Waals surface area (Å²) in [5.41, 5.74) is 0.258. The van der Waals surface area contributed by atoms with Crippen molar-refractivity contribution >= 4 is 23.5 Å². The zero-order valence-electron chi connectivity index (χ0n) is 16.1. The third-order valence-electron chi connectivity index (χ3n) is 4.38. The van der Waals surface area contributed by atoms with Crippen LogP contribution < -0.4 is 0 Å². The van der Waals surface area contributed by atoms with Crippen molar-refractivity contribution in [1.82, 2.24) is 14.7 Å². The number of thioether (sulfide) groups is 1. The van der Waals surface area contributed by atoms with E-state index in [0.29, 0.717) is 12.3 Å². The standard InChI is InChI=1S/C19H24N4O4S/c1-19(2,3)27-18(24)21-9-10-28-13-16(21)17(14-7-5-4-6-8-14)22-12-15(11-20-22)23(25)26/h4-8,11-12,16-17H,9-10,13H2,1-3H3. The predicted molar refractivity (Wildman–Crippen MR) is 108 cm³/mol. The second-order valence-electron chi connectivity index (χ2n) is 7.61. The molecule has 2 atom stereocenters. The van der Waals surface area contributed by atoms with Gasteiger partial charge in [0.2, 0.25) is 0 Å². The maximum atomic E-state index is 12.9. The fourth-order valence-corrected chi connectivity index (χ4v) is 4.30. The maximum absolute atomic E-state index is 12.9. The molecule has 9 heteroatoms. The van der Waals surface area contributed by atoms with Gasteiger partial charge >= 0.3 is 11.8 Å². The third kappa shape index (κ3) is 4.64. The summed E-state index contributed by atoms with van der Waals surface area (Å²) in [5, 5.41) is 15.4. The van der Waals surface area contributed by atoms with E-state index in [-0.39, 0.29) is 23.9 Å². The van der Waals surface area contributed by atoms with Gasteiger partial charge in [-0.3, -0.25) is 14.8 Å². The zero-order valence-corrected chi connectivity index (χ0v) is 17.0. The number of hydrogen-bond donors (Lipinski definition) is 0. The molecule has 2 unspecified atom stereocenters. The maximum Gasteiger partial charge on any atom is 0.410 e. The topological polar surface area (TPSA) is 90.5 Å². The number of carbonyl (C=O) groups excluding carboxylic acids is 1. The minimum absolute atomic E-state index is 0.0757. The Labute approximate surface area is 168 Å². The Hall–Kier alpha value is -2.55. The number of amides is 1. The molecule has 1 saturated heterocycles. The van der Waals surface area contributed by atoms with Crippen LogP contribution in [0.25, 0.3) is 0 Å². The molecule has 8 nitrogen and oxygen atoms in total. The lowest BCUT2D eigenvalue weighted by atomic mass is 9.99. The lowest BCUT2D eigenvalue weighted by Gasteiger charge is -2.40. The Morgan fingerprint density at radius 1 is 1.36 bits per heavy atom. The van der Waals surface area contributed by atoms with Crippen molar-refractivity contribution in [3.05, 3.63) is 58.4 Å².